The number of aryl methyl sites for hydroxylation is 1. The molecule has 7 heteroatoms. The van der Waals surface area contributed by atoms with E-state index in [-0.39, 0.29) is 12.3 Å². The van der Waals surface area contributed by atoms with E-state index in [2.05, 4.69) is 9.72 Å². The van der Waals surface area contributed by atoms with Crippen molar-refractivity contribution in [3.63, 3.8) is 0 Å². The van der Waals surface area contributed by atoms with Gasteiger partial charge in [0.2, 0.25) is 0 Å². The van der Waals surface area contributed by atoms with Gasteiger partial charge in [-0.2, -0.15) is 0 Å². The number of aromatic amines is 1. The van der Waals surface area contributed by atoms with E-state index in [1.165, 1.54) is 14.2 Å². The van der Waals surface area contributed by atoms with E-state index in [9.17, 15) is 14.4 Å². The van der Waals surface area contributed by atoms with E-state index < -0.39 is 17.9 Å². The summed E-state index contributed by atoms with van der Waals surface area (Å²) in [4.78, 5) is 38.6. The van der Waals surface area contributed by atoms with Crippen LogP contribution < -0.4 is 0 Å². The van der Waals surface area contributed by atoms with Crippen molar-refractivity contribution in [3.8, 4) is 0 Å². The molecular formula is C19H21NO6. The highest BCUT2D eigenvalue weighted by Gasteiger charge is 2.24. The molecule has 0 fully saturated rings. The van der Waals surface area contributed by atoms with E-state index in [4.69, 9.17) is 9.47 Å². The molecule has 138 valence electrons. The second-order valence-electron chi connectivity index (χ2n) is 5.59. The summed E-state index contributed by atoms with van der Waals surface area (Å²) in [6, 6.07) is 6.55. The summed E-state index contributed by atoms with van der Waals surface area (Å²) in [6.45, 7) is 3.58. The van der Waals surface area contributed by atoms with Crippen LogP contribution in [0.2, 0.25) is 0 Å². The number of esters is 3. The number of methoxy groups -OCH3 is 2. The molecule has 2 aromatic rings. The lowest BCUT2D eigenvalue weighted by molar-refractivity contribution is 0.0464. The molecule has 26 heavy (non-hydrogen) atoms. The van der Waals surface area contributed by atoms with Gasteiger partial charge >= 0.3 is 17.9 Å². The second kappa shape index (κ2) is 8.33. The summed E-state index contributed by atoms with van der Waals surface area (Å²) in [6.07, 6.45) is 0.549. The van der Waals surface area contributed by atoms with Crippen molar-refractivity contribution >= 4 is 17.9 Å². The number of hydrogen-bond donors (Lipinski definition) is 1. The van der Waals surface area contributed by atoms with E-state index in [1.54, 1.807) is 31.2 Å². The first-order valence-corrected chi connectivity index (χ1v) is 8.07. The number of hydrogen-bond acceptors (Lipinski definition) is 6. The highest BCUT2D eigenvalue weighted by molar-refractivity contribution is 5.98. The fourth-order valence-electron chi connectivity index (χ4n) is 2.58. The summed E-state index contributed by atoms with van der Waals surface area (Å²) >= 11 is 0. The molecule has 0 unspecified atom stereocenters. The average Bonchev–Trinajstić information content (AvgIpc) is 3.01. The van der Waals surface area contributed by atoms with Crippen LogP contribution in [0.25, 0.3) is 0 Å². The zero-order chi connectivity index (χ0) is 19.3. The van der Waals surface area contributed by atoms with Gasteiger partial charge in [-0.3, -0.25) is 0 Å². The van der Waals surface area contributed by atoms with Crippen LogP contribution in [0.3, 0.4) is 0 Å². The molecule has 2 rings (SSSR count). The molecule has 0 bridgehead atoms. The number of rotatable bonds is 6. The third-order valence-electron chi connectivity index (χ3n) is 4.02. The fraction of sp³-hybridized carbons (Fsp3) is 0.316. The second-order valence-corrected chi connectivity index (χ2v) is 5.59. The lowest BCUT2D eigenvalue weighted by Crippen LogP contribution is -2.09. The smallest absolute Gasteiger partial charge is 0.355 e. The average molecular weight is 359 g/mol. The van der Waals surface area contributed by atoms with Gasteiger partial charge < -0.3 is 19.2 Å². The highest BCUT2D eigenvalue weighted by Crippen LogP contribution is 2.21. The summed E-state index contributed by atoms with van der Waals surface area (Å²) in [5.41, 5.74) is 2.86. The van der Waals surface area contributed by atoms with Crippen molar-refractivity contribution in [2.24, 2.45) is 0 Å². The molecule has 0 saturated carbocycles. The number of carbonyl (C=O) groups is 3. The third kappa shape index (κ3) is 3.93. The molecule has 0 aliphatic rings. The Morgan fingerprint density at radius 2 is 1.58 bits per heavy atom. The predicted octanol–water partition coefficient (Wildman–Crippen LogP) is 2.82. The lowest BCUT2D eigenvalue weighted by Gasteiger charge is -2.06. The van der Waals surface area contributed by atoms with Crippen LogP contribution in [-0.4, -0.2) is 37.1 Å². The molecule has 0 saturated heterocycles. The standard InChI is InChI=1S/C19H21NO6/c1-5-14-15(18(22)25-4)11(2)16(20-14)19(23)26-10-12-6-8-13(9-7-12)17(21)24-3/h6-9,20H,5,10H2,1-4H3. The van der Waals surface area contributed by atoms with Gasteiger partial charge in [0.1, 0.15) is 12.3 Å². The monoisotopic (exact) mass is 359 g/mol. The number of H-pyrrole nitrogens is 1. The van der Waals surface area contributed by atoms with Crippen molar-refractivity contribution in [1.82, 2.24) is 4.98 Å². The Morgan fingerprint density at radius 3 is 2.12 bits per heavy atom. The molecule has 1 aromatic heterocycles. The van der Waals surface area contributed by atoms with Crippen LogP contribution in [0, 0.1) is 6.92 Å². The molecular weight excluding hydrogens is 338 g/mol. The van der Waals surface area contributed by atoms with Gasteiger partial charge in [-0.05, 0) is 36.6 Å². The van der Waals surface area contributed by atoms with Gasteiger partial charge in [-0.1, -0.05) is 19.1 Å². The summed E-state index contributed by atoms with van der Waals surface area (Å²) < 4.78 is 14.7. The SMILES string of the molecule is CCc1[nH]c(C(=O)OCc2ccc(C(=O)OC)cc2)c(C)c1C(=O)OC. The van der Waals surface area contributed by atoms with Crippen LogP contribution in [0.5, 0.6) is 0 Å². The minimum absolute atomic E-state index is 0.0355. The molecule has 0 radical (unpaired) electrons. The van der Waals surface area contributed by atoms with E-state index >= 15 is 0 Å². The molecule has 0 aliphatic carbocycles. The predicted molar refractivity (Wildman–Crippen MR) is 93.1 cm³/mol. The summed E-state index contributed by atoms with van der Waals surface area (Å²) in [5.74, 6) is -1.49. The number of ether oxygens (including phenoxy) is 3. The minimum atomic E-state index is -0.565. The van der Waals surface area contributed by atoms with Gasteiger partial charge in [0.05, 0.1) is 25.3 Å². The number of carbonyl (C=O) groups excluding carboxylic acids is 3. The van der Waals surface area contributed by atoms with Crippen molar-refractivity contribution in [2.75, 3.05) is 14.2 Å². The molecule has 1 N–H and O–H groups in total. The van der Waals surface area contributed by atoms with Crippen molar-refractivity contribution in [3.05, 3.63) is 57.9 Å². The Morgan fingerprint density at radius 1 is 0.962 bits per heavy atom. The van der Waals surface area contributed by atoms with Gasteiger partial charge in [0.25, 0.3) is 0 Å². The number of benzene rings is 1. The first-order valence-electron chi connectivity index (χ1n) is 8.07. The highest BCUT2D eigenvalue weighted by atomic mass is 16.5. The maximum atomic E-state index is 12.4. The zero-order valence-corrected chi connectivity index (χ0v) is 15.2. The molecule has 0 spiro atoms. The Hall–Kier alpha value is -3.09. The fourth-order valence-corrected chi connectivity index (χ4v) is 2.58. The minimum Gasteiger partial charge on any atom is -0.465 e. The third-order valence-corrected chi connectivity index (χ3v) is 4.02. The quantitative estimate of drug-likeness (QED) is 0.629. The van der Waals surface area contributed by atoms with E-state index in [0.717, 1.165) is 5.56 Å². The first-order chi connectivity index (χ1) is 12.4. The normalized spacial score (nSPS) is 10.3. The van der Waals surface area contributed by atoms with Gasteiger partial charge in [0, 0.05) is 5.69 Å². The molecule has 1 heterocycles. The van der Waals surface area contributed by atoms with Crippen LogP contribution in [0.1, 0.15) is 54.9 Å². The van der Waals surface area contributed by atoms with Crippen LogP contribution in [0.15, 0.2) is 24.3 Å². The topological polar surface area (TPSA) is 94.7 Å². The first kappa shape index (κ1) is 19.2. The maximum absolute atomic E-state index is 12.4. The Balaban J connectivity index is 2.12. The molecule has 1 aromatic carbocycles. The Bertz CT molecular complexity index is 819. The van der Waals surface area contributed by atoms with Gasteiger partial charge in [0.15, 0.2) is 0 Å². The maximum Gasteiger partial charge on any atom is 0.355 e. The number of aromatic nitrogens is 1. The largest absolute Gasteiger partial charge is 0.465 e. The Labute approximate surface area is 151 Å². The Kier molecular flexibility index (Phi) is 6.16. The van der Waals surface area contributed by atoms with Gasteiger partial charge in [-0.25, -0.2) is 14.4 Å². The molecule has 0 aliphatic heterocycles. The molecule has 0 atom stereocenters. The van der Waals surface area contributed by atoms with Crippen LogP contribution in [0.4, 0.5) is 0 Å². The summed E-state index contributed by atoms with van der Waals surface area (Å²) in [7, 11) is 2.61. The zero-order valence-electron chi connectivity index (χ0n) is 15.2. The van der Waals surface area contributed by atoms with E-state index in [1.807, 2.05) is 6.92 Å². The summed E-state index contributed by atoms with van der Waals surface area (Å²) in [5, 5.41) is 0. The lowest BCUT2D eigenvalue weighted by atomic mass is 10.1. The molecule has 7 nitrogen and oxygen atoms in total. The van der Waals surface area contributed by atoms with Crippen molar-refractivity contribution in [1.29, 1.82) is 0 Å². The van der Waals surface area contributed by atoms with Crippen molar-refractivity contribution in [2.45, 2.75) is 26.9 Å². The number of nitrogens with one attached hydrogen (secondary N) is 1. The van der Waals surface area contributed by atoms with E-state index in [0.29, 0.717) is 28.8 Å². The van der Waals surface area contributed by atoms with Gasteiger partial charge in [-0.15, -0.1) is 0 Å². The van der Waals surface area contributed by atoms with Crippen LogP contribution in [-0.2, 0) is 27.2 Å². The molecule has 0 amide bonds. The van der Waals surface area contributed by atoms with Crippen molar-refractivity contribution < 1.29 is 28.6 Å². The van der Waals surface area contributed by atoms with Crippen LogP contribution >= 0.6 is 0 Å².